The molecule has 0 unspecified atom stereocenters. The van der Waals surface area contributed by atoms with E-state index in [1.165, 1.54) is 3.57 Å². The second-order valence-corrected chi connectivity index (χ2v) is 6.67. The van der Waals surface area contributed by atoms with Gasteiger partial charge in [0.2, 0.25) is 0 Å². The van der Waals surface area contributed by atoms with Gasteiger partial charge in [0.25, 0.3) is 0 Å². The van der Waals surface area contributed by atoms with Gasteiger partial charge in [-0.05, 0) is 64.9 Å². The van der Waals surface area contributed by atoms with E-state index in [1.54, 1.807) is 6.20 Å². The SMILES string of the molecule is CC(C)CNCc1ccc(OCc2ccc(I)cc2)cn1. The molecule has 0 saturated carbocycles. The van der Waals surface area contributed by atoms with Crippen LogP contribution in [0.1, 0.15) is 25.1 Å². The number of pyridine rings is 1. The highest BCUT2D eigenvalue weighted by Gasteiger charge is 1.99. The summed E-state index contributed by atoms with van der Waals surface area (Å²) in [5.41, 5.74) is 2.20. The second kappa shape index (κ2) is 8.34. The maximum Gasteiger partial charge on any atom is 0.138 e. The van der Waals surface area contributed by atoms with Gasteiger partial charge in [0, 0.05) is 10.1 Å². The number of rotatable bonds is 7. The molecule has 3 nitrogen and oxygen atoms in total. The standard InChI is InChI=1S/C17H21IN2O/c1-13(2)9-19-10-16-7-8-17(11-20-16)21-12-14-3-5-15(18)6-4-14/h3-8,11,13,19H,9-10,12H2,1-2H3. The smallest absolute Gasteiger partial charge is 0.138 e. The van der Waals surface area contributed by atoms with Crippen molar-refractivity contribution in [1.82, 2.24) is 10.3 Å². The highest BCUT2D eigenvalue weighted by atomic mass is 127. The Labute approximate surface area is 140 Å². The van der Waals surface area contributed by atoms with Crippen LogP contribution in [0, 0.1) is 9.49 Å². The molecule has 4 heteroatoms. The van der Waals surface area contributed by atoms with Crippen LogP contribution in [0.15, 0.2) is 42.6 Å². The van der Waals surface area contributed by atoms with Gasteiger partial charge in [-0.1, -0.05) is 26.0 Å². The first-order valence-electron chi connectivity index (χ1n) is 7.16. The van der Waals surface area contributed by atoms with Crippen LogP contribution in [-0.4, -0.2) is 11.5 Å². The fourth-order valence-corrected chi connectivity index (χ4v) is 2.20. The zero-order valence-corrected chi connectivity index (χ0v) is 14.6. The quantitative estimate of drug-likeness (QED) is 0.719. The maximum atomic E-state index is 5.74. The molecule has 0 saturated heterocycles. The fraction of sp³-hybridized carbons (Fsp3) is 0.353. The minimum atomic E-state index is 0.573. The zero-order valence-electron chi connectivity index (χ0n) is 12.5. The molecule has 2 aromatic rings. The normalized spacial score (nSPS) is 10.9. The van der Waals surface area contributed by atoms with Gasteiger partial charge in [-0.15, -0.1) is 0 Å². The summed E-state index contributed by atoms with van der Waals surface area (Å²) in [5.74, 6) is 1.46. The topological polar surface area (TPSA) is 34.1 Å². The summed E-state index contributed by atoms with van der Waals surface area (Å²) in [4.78, 5) is 4.41. The second-order valence-electron chi connectivity index (χ2n) is 5.43. The van der Waals surface area contributed by atoms with E-state index in [0.717, 1.165) is 30.1 Å². The van der Waals surface area contributed by atoms with Crippen molar-refractivity contribution in [2.45, 2.75) is 27.0 Å². The summed E-state index contributed by atoms with van der Waals surface area (Å²) in [5, 5.41) is 3.38. The lowest BCUT2D eigenvalue weighted by molar-refractivity contribution is 0.304. The first-order chi connectivity index (χ1) is 10.1. The average Bonchev–Trinajstić information content (AvgIpc) is 2.48. The van der Waals surface area contributed by atoms with Crippen molar-refractivity contribution >= 4 is 22.6 Å². The Morgan fingerprint density at radius 2 is 1.90 bits per heavy atom. The predicted molar refractivity (Wildman–Crippen MR) is 94.3 cm³/mol. The Bertz CT molecular complexity index is 538. The highest BCUT2D eigenvalue weighted by molar-refractivity contribution is 14.1. The van der Waals surface area contributed by atoms with Gasteiger partial charge in [-0.25, -0.2) is 0 Å². The highest BCUT2D eigenvalue weighted by Crippen LogP contribution is 2.13. The third kappa shape index (κ3) is 6.01. The van der Waals surface area contributed by atoms with E-state index in [2.05, 4.69) is 71.0 Å². The van der Waals surface area contributed by atoms with Gasteiger partial charge in [0.1, 0.15) is 12.4 Å². The Hall–Kier alpha value is -1.14. The van der Waals surface area contributed by atoms with Crippen molar-refractivity contribution < 1.29 is 4.74 Å². The first-order valence-corrected chi connectivity index (χ1v) is 8.24. The molecule has 1 N–H and O–H groups in total. The molecular formula is C17H21IN2O. The van der Waals surface area contributed by atoms with Crippen LogP contribution in [-0.2, 0) is 13.2 Å². The Kier molecular flexibility index (Phi) is 6.45. The van der Waals surface area contributed by atoms with Crippen LogP contribution in [0.3, 0.4) is 0 Å². The minimum absolute atomic E-state index is 0.573. The summed E-state index contributed by atoms with van der Waals surface area (Å²) >= 11 is 2.30. The summed E-state index contributed by atoms with van der Waals surface area (Å²) in [6.07, 6.45) is 1.79. The first kappa shape index (κ1) is 16.2. The molecule has 1 aromatic carbocycles. The lowest BCUT2D eigenvalue weighted by atomic mass is 10.2. The lowest BCUT2D eigenvalue weighted by Gasteiger charge is -2.09. The summed E-state index contributed by atoms with van der Waals surface area (Å²) < 4.78 is 6.98. The summed E-state index contributed by atoms with van der Waals surface area (Å²) in [6.45, 7) is 6.77. The van der Waals surface area contributed by atoms with Crippen LogP contribution in [0.2, 0.25) is 0 Å². The van der Waals surface area contributed by atoms with E-state index in [0.29, 0.717) is 12.5 Å². The van der Waals surface area contributed by atoms with Crippen molar-refractivity contribution in [3.8, 4) is 5.75 Å². The van der Waals surface area contributed by atoms with E-state index < -0.39 is 0 Å². The molecule has 0 aliphatic rings. The van der Waals surface area contributed by atoms with Crippen molar-refractivity contribution in [1.29, 1.82) is 0 Å². The van der Waals surface area contributed by atoms with E-state index in [9.17, 15) is 0 Å². The molecule has 112 valence electrons. The molecule has 21 heavy (non-hydrogen) atoms. The Balaban J connectivity index is 1.80. The third-order valence-corrected chi connectivity index (χ3v) is 3.69. The van der Waals surface area contributed by atoms with Crippen molar-refractivity contribution in [3.05, 3.63) is 57.4 Å². The molecule has 0 spiro atoms. The monoisotopic (exact) mass is 396 g/mol. The van der Waals surface area contributed by atoms with E-state index in [-0.39, 0.29) is 0 Å². The molecule has 1 heterocycles. The third-order valence-electron chi connectivity index (χ3n) is 2.98. The minimum Gasteiger partial charge on any atom is -0.487 e. The number of nitrogens with one attached hydrogen (secondary N) is 1. The van der Waals surface area contributed by atoms with Crippen molar-refractivity contribution in [2.24, 2.45) is 5.92 Å². The van der Waals surface area contributed by atoms with Gasteiger partial charge in [0.05, 0.1) is 11.9 Å². The van der Waals surface area contributed by atoms with Crippen LogP contribution in [0.5, 0.6) is 5.75 Å². The van der Waals surface area contributed by atoms with Gasteiger partial charge in [0.15, 0.2) is 0 Å². The number of aromatic nitrogens is 1. The fourth-order valence-electron chi connectivity index (χ4n) is 1.84. The molecule has 2 rings (SSSR count). The van der Waals surface area contributed by atoms with E-state index in [1.807, 2.05) is 12.1 Å². The van der Waals surface area contributed by atoms with E-state index >= 15 is 0 Å². The summed E-state index contributed by atoms with van der Waals surface area (Å²) in [6, 6.07) is 12.3. The van der Waals surface area contributed by atoms with Crippen LogP contribution < -0.4 is 10.1 Å². The molecule has 0 fully saturated rings. The van der Waals surface area contributed by atoms with Gasteiger partial charge < -0.3 is 10.1 Å². The number of halogens is 1. The van der Waals surface area contributed by atoms with Crippen LogP contribution in [0.4, 0.5) is 0 Å². The summed E-state index contributed by atoms with van der Waals surface area (Å²) in [7, 11) is 0. The van der Waals surface area contributed by atoms with Crippen molar-refractivity contribution in [3.63, 3.8) is 0 Å². The average molecular weight is 396 g/mol. The maximum absolute atomic E-state index is 5.74. The van der Waals surface area contributed by atoms with Gasteiger partial charge >= 0.3 is 0 Å². The molecule has 0 bridgehead atoms. The van der Waals surface area contributed by atoms with Crippen LogP contribution >= 0.6 is 22.6 Å². The molecule has 0 atom stereocenters. The van der Waals surface area contributed by atoms with Crippen LogP contribution in [0.25, 0.3) is 0 Å². The van der Waals surface area contributed by atoms with E-state index in [4.69, 9.17) is 4.74 Å². The Morgan fingerprint density at radius 1 is 1.14 bits per heavy atom. The number of hydrogen-bond acceptors (Lipinski definition) is 3. The molecule has 0 radical (unpaired) electrons. The number of ether oxygens (including phenoxy) is 1. The Morgan fingerprint density at radius 3 is 2.52 bits per heavy atom. The predicted octanol–water partition coefficient (Wildman–Crippen LogP) is 4.01. The largest absolute Gasteiger partial charge is 0.487 e. The number of benzene rings is 1. The van der Waals surface area contributed by atoms with Gasteiger partial charge in [-0.3, -0.25) is 4.98 Å². The molecule has 0 aliphatic heterocycles. The number of hydrogen-bond donors (Lipinski definition) is 1. The number of nitrogens with zero attached hydrogens (tertiary/aromatic N) is 1. The molecule has 0 amide bonds. The van der Waals surface area contributed by atoms with Crippen molar-refractivity contribution in [2.75, 3.05) is 6.54 Å². The lowest BCUT2D eigenvalue weighted by Crippen LogP contribution is -2.19. The van der Waals surface area contributed by atoms with Gasteiger partial charge in [-0.2, -0.15) is 0 Å². The molecular weight excluding hydrogens is 375 g/mol. The molecule has 1 aromatic heterocycles. The molecule has 0 aliphatic carbocycles. The zero-order chi connectivity index (χ0) is 15.1.